The van der Waals surface area contributed by atoms with Crippen molar-refractivity contribution >= 4 is 75.3 Å². The molecule has 13 rings (SSSR count). The second-order valence-corrected chi connectivity index (χ2v) is 16.5. The SMILES string of the molecule is [2H]c1cc([2H])c2c(c1[2H])c1c([2H])c([2H])cc([2H])c1n2-c1ccc(-c2ccc(-c3nc(-c4ccccc4)nc(-c4ccccc4)n3)c3sc4ccccc4c23)cc1-c1cccc2c1oc1ccccc12. The lowest BCUT2D eigenvalue weighted by Gasteiger charge is -2.17. The largest absolute Gasteiger partial charge is 0.455 e. The van der Waals surface area contributed by atoms with Gasteiger partial charge in [-0.25, -0.2) is 15.0 Å². The van der Waals surface area contributed by atoms with Crippen LogP contribution < -0.4 is 0 Å². The summed E-state index contributed by atoms with van der Waals surface area (Å²) in [5.41, 5.74) is 8.47. The number of furan rings is 1. The summed E-state index contributed by atoms with van der Waals surface area (Å²) in [7, 11) is 0. The molecular weight excluding hydrogens is 789 g/mol. The summed E-state index contributed by atoms with van der Waals surface area (Å²) in [6.45, 7) is 0. The van der Waals surface area contributed by atoms with E-state index in [1.54, 1.807) is 15.9 Å². The first-order valence-corrected chi connectivity index (χ1v) is 21.4. The molecule has 4 heterocycles. The van der Waals surface area contributed by atoms with Gasteiger partial charge in [0, 0.05) is 69.5 Å². The van der Waals surface area contributed by atoms with Crippen LogP contribution in [0.4, 0.5) is 0 Å². The third-order valence-corrected chi connectivity index (χ3v) is 13.0. The lowest BCUT2D eigenvalue weighted by Crippen LogP contribution is -2.00. The van der Waals surface area contributed by atoms with E-state index in [0.717, 1.165) is 69.9 Å². The molecule has 0 saturated carbocycles. The number of thiophene rings is 1. The number of hydrogen-bond acceptors (Lipinski definition) is 5. The lowest BCUT2D eigenvalue weighted by atomic mass is 9.92. The Kier molecular flexibility index (Phi) is 6.75. The third-order valence-electron chi connectivity index (χ3n) is 11.8. The number of para-hydroxylation sites is 4. The molecule has 0 fully saturated rings. The molecule has 0 aliphatic carbocycles. The van der Waals surface area contributed by atoms with Gasteiger partial charge in [-0.05, 0) is 53.5 Å². The molecule has 0 aliphatic heterocycles. The Morgan fingerprint density at radius 1 is 0.444 bits per heavy atom. The summed E-state index contributed by atoms with van der Waals surface area (Å²) in [4.78, 5) is 15.2. The van der Waals surface area contributed by atoms with E-state index in [1.165, 1.54) is 12.1 Å². The molecule has 0 spiro atoms. The predicted molar refractivity (Wildman–Crippen MR) is 262 cm³/mol. The van der Waals surface area contributed by atoms with Crippen LogP contribution in [0.2, 0.25) is 0 Å². The summed E-state index contributed by atoms with van der Waals surface area (Å²) >= 11 is 1.68. The van der Waals surface area contributed by atoms with E-state index >= 15 is 0 Å². The van der Waals surface area contributed by atoms with Crippen LogP contribution in [0.5, 0.6) is 0 Å². The first-order chi connectivity index (χ1) is 33.7. The van der Waals surface area contributed by atoms with Crippen molar-refractivity contribution in [3.63, 3.8) is 0 Å². The molecule has 0 saturated heterocycles. The molecule has 0 amide bonds. The van der Waals surface area contributed by atoms with Crippen molar-refractivity contribution in [3.8, 4) is 62.1 Å². The van der Waals surface area contributed by atoms with Crippen LogP contribution >= 0.6 is 11.3 Å². The minimum atomic E-state index is -0.171. The average Bonchev–Trinajstić information content (AvgIpc) is 4.09. The molecule has 0 bridgehead atoms. The van der Waals surface area contributed by atoms with Crippen LogP contribution in [0.3, 0.4) is 0 Å². The van der Waals surface area contributed by atoms with Crippen LogP contribution in [0.25, 0.3) is 126 Å². The zero-order valence-electron chi connectivity index (χ0n) is 39.3. The van der Waals surface area contributed by atoms with E-state index in [4.69, 9.17) is 24.9 Å². The molecule has 4 aromatic heterocycles. The normalized spacial score (nSPS) is 13.1. The highest BCUT2D eigenvalue weighted by Gasteiger charge is 2.23. The zero-order chi connectivity index (χ0) is 46.7. The molecule has 6 heteroatoms. The van der Waals surface area contributed by atoms with Crippen molar-refractivity contribution in [1.82, 2.24) is 19.5 Å². The smallest absolute Gasteiger partial charge is 0.165 e. The number of rotatable bonds is 6. The molecule has 5 nitrogen and oxygen atoms in total. The molecular formula is C57H34N4OS. The van der Waals surface area contributed by atoms with Crippen molar-refractivity contribution in [2.24, 2.45) is 0 Å². The Morgan fingerprint density at radius 3 is 1.79 bits per heavy atom. The maximum absolute atomic E-state index is 9.31. The highest BCUT2D eigenvalue weighted by molar-refractivity contribution is 7.26. The maximum Gasteiger partial charge on any atom is 0.165 e. The Bertz CT molecular complexity index is 4150. The van der Waals surface area contributed by atoms with Crippen molar-refractivity contribution in [2.75, 3.05) is 0 Å². The van der Waals surface area contributed by atoms with Gasteiger partial charge in [0.25, 0.3) is 0 Å². The predicted octanol–water partition coefficient (Wildman–Crippen LogP) is 15.6. The van der Waals surface area contributed by atoms with Crippen molar-refractivity contribution in [2.45, 2.75) is 0 Å². The first kappa shape index (κ1) is 29.9. The average molecular weight is 829 g/mol. The standard InChI is InChI=1S/C57H34N4OS/c1-3-16-35(17-4-1)55-58-56(36-18-5-2-6-19-36)60-57(59-55)45-32-31-38(52-44-23-10-14-29-51(44)63-54(45)52)37-30-33-49(61-47-26-11-7-20-39(47)40-21-8-12-27-48(40)61)46(34-37)43-25-15-24-42-41-22-9-13-28-50(41)62-53(42)43/h1-34H/i7D,8D,20D,21D,26D,27D. The van der Waals surface area contributed by atoms with E-state index in [1.807, 2.05) is 121 Å². The van der Waals surface area contributed by atoms with Crippen molar-refractivity contribution in [3.05, 3.63) is 206 Å². The second kappa shape index (κ2) is 14.2. The monoisotopic (exact) mass is 828 g/mol. The van der Waals surface area contributed by atoms with E-state index < -0.39 is 0 Å². The van der Waals surface area contributed by atoms with Gasteiger partial charge in [0.1, 0.15) is 11.2 Å². The van der Waals surface area contributed by atoms with Crippen molar-refractivity contribution < 1.29 is 12.6 Å². The summed E-state index contributed by atoms with van der Waals surface area (Å²) in [6.07, 6.45) is 0. The van der Waals surface area contributed by atoms with Gasteiger partial charge in [0.05, 0.1) is 24.9 Å². The van der Waals surface area contributed by atoms with Gasteiger partial charge < -0.3 is 8.98 Å². The Labute approximate surface area is 374 Å². The molecule has 9 aromatic carbocycles. The Hall–Kier alpha value is -8.19. The lowest BCUT2D eigenvalue weighted by molar-refractivity contribution is 0.670. The van der Waals surface area contributed by atoms with E-state index in [9.17, 15) is 2.74 Å². The fourth-order valence-corrected chi connectivity index (χ4v) is 10.2. The third kappa shape index (κ3) is 5.66. The second-order valence-electron chi connectivity index (χ2n) is 15.4. The minimum absolute atomic E-state index is 0.0317. The maximum atomic E-state index is 9.31. The zero-order valence-corrected chi connectivity index (χ0v) is 34.1. The Morgan fingerprint density at radius 2 is 1.06 bits per heavy atom. The number of aromatic nitrogens is 4. The van der Waals surface area contributed by atoms with Gasteiger partial charge in [0.2, 0.25) is 0 Å². The summed E-state index contributed by atoms with van der Waals surface area (Å²) in [5.74, 6) is 1.70. The van der Waals surface area contributed by atoms with Crippen LogP contribution in [-0.2, 0) is 0 Å². The van der Waals surface area contributed by atoms with Crippen LogP contribution in [0.15, 0.2) is 211 Å². The first-order valence-electron chi connectivity index (χ1n) is 23.6. The topological polar surface area (TPSA) is 56.7 Å². The van der Waals surface area contributed by atoms with Gasteiger partial charge in [-0.3, -0.25) is 0 Å². The minimum Gasteiger partial charge on any atom is -0.455 e. The number of hydrogen-bond donors (Lipinski definition) is 0. The fourth-order valence-electron chi connectivity index (χ4n) is 9.00. The summed E-state index contributed by atoms with van der Waals surface area (Å²) < 4.78 is 64.7. The molecule has 0 aliphatic rings. The van der Waals surface area contributed by atoms with E-state index in [0.29, 0.717) is 34.3 Å². The Balaban J connectivity index is 1.11. The molecule has 0 N–H and O–H groups in total. The fraction of sp³-hybridized carbons (Fsp3) is 0. The molecule has 13 aromatic rings. The highest BCUT2D eigenvalue weighted by atomic mass is 32.1. The quantitative estimate of drug-likeness (QED) is 0.168. The van der Waals surface area contributed by atoms with Crippen LogP contribution in [-0.4, -0.2) is 19.5 Å². The summed E-state index contributed by atoms with van der Waals surface area (Å²) in [6, 6.07) is 54.5. The van der Waals surface area contributed by atoms with E-state index in [2.05, 4.69) is 36.4 Å². The van der Waals surface area contributed by atoms with Gasteiger partial charge >= 0.3 is 0 Å². The molecule has 294 valence electrons. The van der Waals surface area contributed by atoms with Crippen LogP contribution in [0.1, 0.15) is 8.22 Å². The van der Waals surface area contributed by atoms with Gasteiger partial charge in [-0.2, -0.15) is 0 Å². The number of benzene rings is 9. The molecule has 0 atom stereocenters. The van der Waals surface area contributed by atoms with Gasteiger partial charge in [-0.15, -0.1) is 11.3 Å². The van der Waals surface area contributed by atoms with Gasteiger partial charge in [-0.1, -0.05) is 164 Å². The summed E-state index contributed by atoms with van der Waals surface area (Å²) in [5, 5.41) is 4.36. The highest BCUT2D eigenvalue weighted by Crippen LogP contribution is 2.47. The molecule has 0 unspecified atom stereocenters. The van der Waals surface area contributed by atoms with Gasteiger partial charge in [0.15, 0.2) is 17.5 Å². The van der Waals surface area contributed by atoms with Crippen LogP contribution in [0, 0.1) is 0 Å². The molecule has 63 heavy (non-hydrogen) atoms. The molecule has 0 radical (unpaired) electrons. The number of fused-ring (bicyclic) bond motifs is 9. The van der Waals surface area contributed by atoms with Crippen molar-refractivity contribution in [1.29, 1.82) is 0 Å². The number of nitrogens with zero attached hydrogens (tertiary/aromatic N) is 4. The van der Waals surface area contributed by atoms with E-state index in [-0.39, 0.29) is 58.1 Å².